The Labute approximate surface area is 192 Å². The lowest BCUT2D eigenvalue weighted by atomic mass is 9.87. The van der Waals surface area contributed by atoms with E-state index in [0.717, 1.165) is 29.3 Å². The Hall–Kier alpha value is -3.01. The molecule has 3 rings (SSSR count). The molecular weight excluding hydrogens is 466 g/mol. The molecule has 1 fully saturated rings. The molecule has 0 bridgehead atoms. The van der Waals surface area contributed by atoms with E-state index in [1.807, 2.05) is 0 Å². The molecule has 1 aliphatic rings. The number of Topliss-reactive ketones (excluding diaryl/α,β-unsaturated/α-hetero) is 1. The molecule has 0 aliphatic carbocycles. The standard InChI is InChI=1S/C22H20ClF4N3O3/c1-13(31)7-8-21(2)20(33)29(19-17(24)9-16(23)10-28-19)12-18(32)30(21)11-14-3-5-15(6-4-14)22(25,26)27/h3-6,9-10H,7-8,11-12H2,1-2H3/t21-/m1/s1. The van der Waals surface area contributed by atoms with Crippen LogP contribution in [0, 0.1) is 5.82 Å². The SMILES string of the molecule is CC(=O)CC[C@]1(C)C(=O)N(c2ncc(Cl)cc2F)CC(=O)N1Cc1ccc(C(F)(F)F)cc1. The van der Waals surface area contributed by atoms with Gasteiger partial charge in [-0.1, -0.05) is 23.7 Å². The first kappa shape index (κ1) is 24.6. The molecule has 0 N–H and O–H groups in total. The van der Waals surface area contributed by atoms with Crippen LogP contribution in [-0.2, 0) is 27.1 Å². The van der Waals surface area contributed by atoms with Gasteiger partial charge in [0.25, 0.3) is 5.91 Å². The van der Waals surface area contributed by atoms with Crippen LogP contribution in [0.3, 0.4) is 0 Å². The molecule has 1 atom stereocenters. The molecule has 33 heavy (non-hydrogen) atoms. The first-order valence-corrected chi connectivity index (χ1v) is 10.3. The molecule has 1 aliphatic heterocycles. The fourth-order valence-corrected chi connectivity index (χ4v) is 3.80. The normalized spacial score (nSPS) is 19.2. The summed E-state index contributed by atoms with van der Waals surface area (Å²) >= 11 is 5.73. The van der Waals surface area contributed by atoms with E-state index < -0.39 is 41.5 Å². The van der Waals surface area contributed by atoms with Crippen molar-refractivity contribution in [1.29, 1.82) is 0 Å². The zero-order valence-corrected chi connectivity index (χ0v) is 18.5. The van der Waals surface area contributed by atoms with Gasteiger partial charge in [0.05, 0.1) is 10.6 Å². The number of nitrogens with zero attached hydrogens (tertiary/aromatic N) is 3. The highest BCUT2D eigenvalue weighted by molar-refractivity contribution is 6.30. The average molecular weight is 486 g/mol. The maximum atomic E-state index is 14.5. The molecule has 0 unspecified atom stereocenters. The van der Waals surface area contributed by atoms with Gasteiger partial charge in [-0.15, -0.1) is 0 Å². The van der Waals surface area contributed by atoms with Gasteiger partial charge in [-0.2, -0.15) is 13.2 Å². The summed E-state index contributed by atoms with van der Waals surface area (Å²) in [5.41, 5.74) is -2.04. The van der Waals surface area contributed by atoms with E-state index >= 15 is 0 Å². The number of rotatable bonds is 6. The minimum Gasteiger partial charge on any atom is -0.322 e. The van der Waals surface area contributed by atoms with Crippen LogP contribution in [0.5, 0.6) is 0 Å². The highest BCUT2D eigenvalue weighted by Gasteiger charge is 2.50. The van der Waals surface area contributed by atoms with Crippen molar-refractivity contribution in [2.75, 3.05) is 11.4 Å². The summed E-state index contributed by atoms with van der Waals surface area (Å²) in [4.78, 5) is 44.1. The van der Waals surface area contributed by atoms with Gasteiger partial charge in [-0.3, -0.25) is 14.5 Å². The number of aromatic nitrogens is 1. The van der Waals surface area contributed by atoms with Crippen LogP contribution < -0.4 is 4.90 Å². The summed E-state index contributed by atoms with van der Waals surface area (Å²) in [5.74, 6) is -2.73. The average Bonchev–Trinajstić information content (AvgIpc) is 2.73. The monoisotopic (exact) mass is 485 g/mol. The number of halogens is 5. The summed E-state index contributed by atoms with van der Waals surface area (Å²) in [6, 6.07) is 5.18. The van der Waals surface area contributed by atoms with Crippen molar-refractivity contribution in [3.63, 3.8) is 0 Å². The molecule has 1 aromatic heterocycles. The Kier molecular flexibility index (Phi) is 6.78. The van der Waals surface area contributed by atoms with Gasteiger partial charge in [0.15, 0.2) is 11.6 Å². The quantitative estimate of drug-likeness (QED) is 0.569. The van der Waals surface area contributed by atoms with Crippen LogP contribution in [0.15, 0.2) is 36.5 Å². The second kappa shape index (κ2) is 9.09. The van der Waals surface area contributed by atoms with Crippen molar-refractivity contribution in [3.05, 3.63) is 58.5 Å². The number of piperazine rings is 1. The Morgan fingerprint density at radius 2 is 1.85 bits per heavy atom. The molecule has 1 saturated heterocycles. The summed E-state index contributed by atoms with van der Waals surface area (Å²) in [5, 5.41) is 0.00954. The third-order valence-corrected chi connectivity index (χ3v) is 5.73. The predicted molar refractivity (Wildman–Crippen MR) is 112 cm³/mol. The van der Waals surface area contributed by atoms with Crippen molar-refractivity contribution in [3.8, 4) is 0 Å². The topological polar surface area (TPSA) is 70.6 Å². The van der Waals surface area contributed by atoms with Gasteiger partial charge >= 0.3 is 6.18 Å². The molecule has 0 radical (unpaired) electrons. The minimum absolute atomic E-state index is 0.00954. The molecule has 2 heterocycles. The number of amides is 2. The van der Waals surface area contributed by atoms with Crippen molar-refractivity contribution >= 4 is 35.0 Å². The smallest absolute Gasteiger partial charge is 0.322 e. The summed E-state index contributed by atoms with van der Waals surface area (Å²) in [6.45, 7) is 2.08. The number of carbonyl (C=O) groups excluding carboxylic acids is 3. The fraction of sp³-hybridized carbons (Fsp3) is 0.364. The number of pyridine rings is 1. The fourth-order valence-electron chi connectivity index (χ4n) is 3.66. The second-order valence-electron chi connectivity index (χ2n) is 8.00. The van der Waals surface area contributed by atoms with Crippen LogP contribution in [-0.4, -0.2) is 39.6 Å². The van der Waals surface area contributed by atoms with Crippen molar-refractivity contribution in [2.45, 2.75) is 44.9 Å². The number of carbonyl (C=O) groups is 3. The Morgan fingerprint density at radius 3 is 2.39 bits per heavy atom. The van der Waals surface area contributed by atoms with Gasteiger partial charge in [0.1, 0.15) is 17.9 Å². The van der Waals surface area contributed by atoms with Gasteiger partial charge in [-0.05, 0) is 44.0 Å². The molecule has 0 spiro atoms. The van der Waals surface area contributed by atoms with E-state index in [1.165, 1.54) is 30.9 Å². The van der Waals surface area contributed by atoms with Crippen LogP contribution >= 0.6 is 11.6 Å². The lowest BCUT2D eigenvalue weighted by Gasteiger charge is -2.47. The zero-order chi connectivity index (χ0) is 24.6. The lowest BCUT2D eigenvalue weighted by Crippen LogP contribution is -2.67. The summed E-state index contributed by atoms with van der Waals surface area (Å²) < 4.78 is 53.1. The maximum Gasteiger partial charge on any atom is 0.416 e. The van der Waals surface area contributed by atoms with Crippen LogP contribution in [0.4, 0.5) is 23.4 Å². The van der Waals surface area contributed by atoms with Gasteiger partial charge in [0, 0.05) is 19.2 Å². The Morgan fingerprint density at radius 1 is 1.21 bits per heavy atom. The number of ketones is 1. The molecule has 0 saturated carbocycles. The molecule has 1 aromatic carbocycles. The highest BCUT2D eigenvalue weighted by Crippen LogP contribution is 2.34. The molecular formula is C22H20ClF4N3O3. The number of hydrogen-bond acceptors (Lipinski definition) is 4. The molecule has 2 amide bonds. The van der Waals surface area contributed by atoms with Gasteiger partial charge in [-0.25, -0.2) is 9.37 Å². The number of alkyl halides is 3. The number of benzene rings is 1. The molecule has 11 heteroatoms. The molecule has 6 nitrogen and oxygen atoms in total. The lowest BCUT2D eigenvalue weighted by molar-refractivity contribution is -0.151. The minimum atomic E-state index is -4.51. The maximum absolute atomic E-state index is 14.5. The summed E-state index contributed by atoms with van der Waals surface area (Å²) in [6.07, 6.45) is -3.47. The Balaban J connectivity index is 1.96. The van der Waals surface area contributed by atoms with E-state index in [9.17, 15) is 31.9 Å². The van der Waals surface area contributed by atoms with E-state index in [1.54, 1.807) is 0 Å². The van der Waals surface area contributed by atoms with Crippen LogP contribution in [0.1, 0.15) is 37.8 Å². The largest absolute Gasteiger partial charge is 0.416 e. The third kappa shape index (κ3) is 5.16. The summed E-state index contributed by atoms with van der Waals surface area (Å²) in [7, 11) is 0. The molecule has 176 valence electrons. The number of hydrogen-bond donors (Lipinski definition) is 0. The van der Waals surface area contributed by atoms with Crippen LogP contribution in [0.2, 0.25) is 5.02 Å². The van der Waals surface area contributed by atoms with E-state index in [-0.39, 0.29) is 36.0 Å². The van der Waals surface area contributed by atoms with E-state index in [0.29, 0.717) is 5.56 Å². The van der Waals surface area contributed by atoms with Gasteiger partial charge in [0.2, 0.25) is 5.91 Å². The van der Waals surface area contributed by atoms with Crippen molar-refractivity contribution in [2.24, 2.45) is 0 Å². The predicted octanol–water partition coefficient (Wildman–Crippen LogP) is 4.40. The first-order valence-electron chi connectivity index (χ1n) is 9.92. The highest BCUT2D eigenvalue weighted by atomic mass is 35.5. The van der Waals surface area contributed by atoms with E-state index in [4.69, 9.17) is 11.6 Å². The van der Waals surface area contributed by atoms with Crippen molar-refractivity contribution in [1.82, 2.24) is 9.88 Å². The van der Waals surface area contributed by atoms with Crippen LogP contribution in [0.25, 0.3) is 0 Å². The van der Waals surface area contributed by atoms with Crippen molar-refractivity contribution < 1.29 is 31.9 Å². The molecule has 2 aromatic rings. The third-order valence-electron chi connectivity index (χ3n) is 5.53. The van der Waals surface area contributed by atoms with E-state index in [2.05, 4.69) is 4.98 Å². The first-order chi connectivity index (χ1) is 15.3. The van der Waals surface area contributed by atoms with Gasteiger partial charge < -0.3 is 9.69 Å². The second-order valence-corrected chi connectivity index (χ2v) is 8.44. The zero-order valence-electron chi connectivity index (χ0n) is 17.7. The Bertz CT molecular complexity index is 1090. The number of anilines is 1.